The molecule has 6 nitrogen and oxygen atoms in total. The maximum Gasteiger partial charge on any atom is 0.416 e. The number of carbonyl (C=O) groups excluding carboxylic acids is 1. The highest BCUT2D eigenvalue weighted by molar-refractivity contribution is 7.09. The number of amides is 1. The van der Waals surface area contributed by atoms with Crippen molar-refractivity contribution in [2.75, 3.05) is 18.4 Å². The molecule has 0 atom stereocenters. The van der Waals surface area contributed by atoms with Crippen molar-refractivity contribution in [1.29, 1.82) is 0 Å². The number of nitrogens with one attached hydrogen (secondary N) is 1. The van der Waals surface area contributed by atoms with Crippen molar-refractivity contribution in [3.8, 4) is 5.69 Å². The molecule has 0 aliphatic carbocycles. The number of carbonyl (C=O) groups is 1. The Morgan fingerprint density at radius 1 is 1.32 bits per heavy atom. The second-order valence-electron chi connectivity index (χ2n) is 6.00. The minimum atomic E-state index is -4.52. The number of aromatic nitrogens is 3. The lowest BCUT2D eigenvalue weighted by molar-refractivity contribution is -0.137. The van der Waals surface area contributed by atoms with E-state index in [0.717, 1.165) is 17.0 Å². The smallest absolute Gasteiger partial charge is 0.323 e. The Balaban J connectivity index is 1.79. The number of likely N-dealkylation sites (N-methyl/N-ethyl adjacent to an activating group) is 1. The average molecular weight is 409 g/mol. The first-order valence-electron chi connectivity index (χ1n) is 8.47. The summed E-state index contributed by atoms with van der Waals surface area (Å²) in [6, 6.07) is 7.02. The van der Waals surface area contributed by atoms with Gasteiger partial charge >= 0.3 is 6.18 Å². The largest absolute Gasteiger partial charge is 0.416 e. The minimum absolute atomic E-state index is 0.0255. The van der Waals surface area contributed by atoms with E-state index in [4.69, 9.17) is 0 Å². The van der Waals surface area contributed by atoms with Crippen molar-refractivity contribution in [2.24, 2.45) is 0 Å². The molecule has 2 aromatic heterocycles. The Morgan fingerprint density at radius 2 is 2.14 bits per heavy atom. The molecule has 0 aliphatic heterocycles. The molecule has 28 heavy (non-hydrogen) atoms. The lowest BCUT2D eigenvalue weighted by Crippen LogP contribution is -2.32. The highest BCUT2D eigenvalue weighted by atomic mass is 32.1. The molecule has 0 aliphatic rings. The number of hydrogen-bond donors (Lipinski definition) is 1. The van der Waals surface area contributed by atoms with Gasteiger partial charge in [-0.05, 0) is 36.2 Å². The number of alkyl halides is 3. The van der Waals surface area contributed by atoms with Crippen molar-refractivity contribution in [2.45, 2.75) is 19.6 Å². The van der Waals surface area contributed by atoms with Gasteiger partial charge in [-0.3, -0.25) is 9.69 Å². The molecule has 3 aromatic rings. The standard InChI is InChI=1S/C18H18F3N5OS/c1-2-25(9-14-4-3-7-28-14)10-17(27)24-15-8-13(18(19,20)21)5-6-16(15)26-12-22-11-23-26/h3-8,11-12H,2,9-10H2,1H3,(H,24,27). The van der Waals surface area contributed by atoms with E-state index >= 15 is 0 Å². The molecular formula is C18H18F3N5OS. The van der Waals surface area contributed by atoms with Gasteiger partial charge in [0.15, 0.2) is 0 Å². The first-order chi connectivity index (χ1) is 13.4. The number of hydrogen-bond acceptors (Lipinski definition) is 5. The number of anilines is 1. The van der Waals surface area contributed by atoms with Crippen LogP contribution in [0.3, 0.4) is 0 Å². The Hall–Kier alpha value is -2.72. The highest BCUT2D eigenvalue weighted by Crippen LogP contribution is 2.33. The molecule has 0 radical (unpaired) electrons. The molecule has 0 bridgehead atoms. The fraction of sp³-hybridized carbons (Fsp3) is 0.278. The van der Waals surface area contributed by atoms with E-state index in [1.807, 2.05) is 29.3 Å². The number of nitrogens with zero attached hydrogens (tertiary/aromatic N) is 4. The molecule has 1 amide bonds. The van der Waals surface area contributed by atoms with E-state index in [1.165, 1.54) is 23.4 Å². The molecule has 2 heterocycles. The van der Waals surface area contributed by atoms with Crippen LogP contribution in [0.2, 0.25) is 0 Å². The summed E-state index contributed by atoms with van der Waals surface area (Å²) in [6.07, 6.45) is -1.90. The zero-order valence-corrected chi connectivity index (χ0v) is 15.8. The van der Waals surface area contributed by atoms with Gasteiger partial charge in [-0.25, -0.2) is 9.67 Å². The first-order valence-corrected chi connectivity index (χ1v) is 9.35. The molecule has 148 valence electrons. The van der Waals surface area contributed by atoms with Crippen molar-refractivity contribution in [3.05, 3.63) is 58.8 Å². The summed E-state index contributed by atoms with van der Waals surface area (Å²) in [6.45, 7) is 3.21. The fourth-order valence-corrected chi connectivity index (χ4v) is 3.39. The van der Waals surface area contributed by atoms with Gasteiger partial charge in [0.1, 0.15) is 12.7 Å². The molecule has 1 aromatic carbocycles. The van der Waals surface area contributed by atoms with Gasteiger partial charge in [-0.2, -0.15) is 18.3 Å². The third kappa shape index (κ3) is 4.96. The molecule has 0 spiro atoms. The van der Waals surface area contributed by atoms with Crippen LogP contribution in [-0.2, 0) is 17.5 Å². The van der Waals surface area contributed by atoms with Gasteiger partial charge in [0.05, 0.1) is 23.5 Å². The fourth-order valence-electron chi connectivity index (χ4n) is 2.64. The van der Waals surface area contributed by atoms with Crippen LogP contribution in [-0.4, -0.2) is 38.7 Å². The predicted octanol–water partition coefficient (Wildman–Crippen LogP) is 3.81. The number of benzene rings is 1. The summed E-state index contributed by atoms with van der Waals surface area (Å²) in [5, 5.41) is 8.48. The maximum absolute atomic E-state index is 13.1. The van der Waals surface area contributed by atoms with Crippen LogP contribution in [0.5, 0.6) is 0 Å². The Morgan fingerprint density at radius 3 is 2.75 bits per heavy atom. The van der Waals surface area contributed by atoms with E-state index < -0.39 is 17.6 Å². The van der Waals surface area contributed by atoms with E-state index in [0.29, 0.717) is 18.8 Å². The van der Waals surface area contributed by atoms with Crippen molar-refractivity contribution in [3.63, 3.8) is 0 Å². The molecule has 1 N–H and O–H groups in total. The van der Waals surface area contributed by atoms with Crippen LogP contribution in [0.4, 0.5) is 18.9 Å². The molecule has 10 heteroatoms. The number of thiophene rings is 1. The highest BCUT2D eigenvalue weighted by Gasteiger charge is 2.31. The monoisotopic (exact) mass is 409 g/mol. The molecule has 0 fully saturated rings. The van der Waals surface area contributed by atoms with Crippen molar-refractivity contribution in [1.82, 2.24) is 19.7 Å². The van der Waals surface area contributed by atoms with Gasteiger partial charge in [0, 0.05) is 11.4 Å². The quantitative estimate of drug-likeness (QED) is 0.645. The third-order valence-electron chi connectivity index (χ3n) is 4.04. The van der Waals surface area contributed by atoms with Crippen LogP contribution < -0.4 is 5.32 Å². The van der Waals surface area contributed by atoms with E-state index in [-0.39, 0.29) is 12.2 Å². The number of halogens is 3. The van der Waals surface area contributed by atoms with Crippen LogP contribution in [0, 0.1) is 0 Å². The lowest BCUT2D eigenvalue weighted by atomic mass is 10.1. The predicted molar refractivity (Wildman–Crippen MR) is 100 cm³/mol. The summed E-state index contributed by atoms with van der Waals surface area (Å²) in [4.78, 5) is 19.3. The summed E-state index contributed by atoms with van der Waals surface area (Å²) in [5.41, 5.74) is -0.518. The molecule has 0 unspecified atom stereocenters. The molecule has 0 saturated carbocycles. The topological polar surface area (TPSA) is 63.1 Å². The third-order valence-corrected chi connectivity index (χ3v) is 4.90. The summed E-state index contributed by atoms with van der Waals surface area (Å²) in [7, 11) is 0. The second kappa shape index (κ2) is 8.53. The van der Waals surface area contributed by atoms with Gasteiger partial charge in [-0.1, -0.05) is 13.0 Å². The van der Waals surface area contributed by atoms with Gasteiger partial charge in [-0.15, -0.1) is 11.3 Å². The molecule has 3 rings (SSSR count). The van der Waals surface area contributed by atoms with Gasteiger partial charge in [0.2, 0.25) is 5.91 Å². The SMILES string of the molecule is CCN(CC(=O)Nc1cc(C(F)(F)F)ccc1-n1cncn1)Cc1cccs1. The van der Waals surface area contributed by atoms with Gasteiger partial charge < -0.3 is 5.32 Å². The van der Waals surface area contributed by atoms with E-state index in [9.17, 15) is 18.0 Å². The minimum Gasteiger partial charge on any atom is -0.323 e. The van der Waals surface area contributed by atoms with Crippen LogP contribution in [0.1, 0.15) is 17.4 Å². The molecule has 0 saturated heterocycles. The Kier molecular flexibility index (Phi) is 6.10. The van der Waals surface area contributed by atoms with Crippen LogP contribution in [0.25, 0.3) is 5.69 Å². The maximum atomic E-state index is 13.1. The molecular weight excluding hydrogens is 391 g/mol. The first kappa shape index (κ1) is 20.0. The summed E-state index contributed by atoms with van der Waals surface area (Å²) < 4.78 is 40.6. The second-order valence-corrected chi connectivity index (χ2v) is 7.03. The number of rotatable bonds is 7. The average Bonchev–Trinajstić information content (AvgIpc) is 3.34. The van der Waals surface area contributed by atoms with Gasteiger partial charge in [0.25, 0.3) is 0 Å². The van der Waals surface area contributed by atoms with Crippen LogP contribution >= 0.6 is 11.3 Å². The summed E-state index contributed by atoms with van der Waals surface area (Å²) >= 11 is 1.59. The Bertz CT molecular complexity index is 910. The zero-order chi connectivity index (χ0) is 20.1. The summed E-state index contributed by atoms with van der Waals surface area (Å²) in [5.74, 6) is -0.404. The Labute approximate surface area is 163 Å². The van der Waals surface area contributed by atoms with Crippen molar-refractivity contribution < 1.29 is 18.0 Å². The van der Waals surface area contributed by atoms with E-state index in [1.54, 1.807) is 11.3 Å². The van der Waals surface area contributed by atoms with Crippen molar-refractivity contribution >= 4 is 22.9 Å². The lowest BCUT2D eigenvalue weighted by Gasteiger charge is -2.20. The van der Waals surface area contributed by atoms with E-state index in [2.05, 4.69) is 15.4 Å². The van der Waals surface area contributed by atoms with Crippen LogP contribution in [0.15, 0.2) is 48.4 Å². The zero-order valence-electron chi connectivity index (χ0n) is 15.0. The normalized spacial score (nSPS) is 11.8.